The first-order valence-electron chi connectivity index (χ1n) is 6.46. The Balaban J connectivity index is 1.78. The van der Waals surface area contributed by atoms with Crippen LogP contribution in [-0.4, -0.2) is 41.0 Å². The molecule has 1 aromatic rings. The van der Waals surface area contributed by atoms with E-state index >= 15 is 0 Å². The molecule has 2 aliphatic rings. The van der Waals surface area contributed by atoms with E-state index in [1.807, 2.05) is 4.90 Å². The maximum absolute atomic E-state index is 12.3. The van der Waals surface area contributed by atoms with Crippen LogP contribution in [-0.2, 0) is 0 Å². The monoisotopic (exact) mass is 247 g/mol. The molecule has 0 aliphatic carbocycles. The summed E-state index contributed by atoms with van der Waals surface area (Å²) in [6.45, 7) is 1.53. The van der Waals surface area contributed by atoms with Crippen LogP contribution in [0.4, 0.5) is 0 Å². The fourth-order valence-corrected chi connectivity index (χ4v) is 2.89. The molecule has 3 rings (SSSR count). The van der Waals surface area contributed by atoms with Crippen LogP contribution in [0.1, 0.15) is 29.6 Å². The Morgan fingerprint density at radius 2 is 2.11 bits per heavy atom. The number of fused-ring (bicyclic) bond motifs is 2. The number of aromatic nitrogens is 1. The Labute approximate surface area is 105 Å². The zero-order valence-electron chi connectivity index (χ0n) is 10.2. The lowest BCUT2D eigenvalue weighted by Crippen LogP contribution is -2.39. The van der Waals surface area contributed by atoms with Gasteiger partial charge in [-0.2, -0.15) is 0 Å². The second kappa shape index (κ2) is 4.57. The molecule has 2 aliphatic heterocycles. The van der Waals surface area contributed by atoms with Gasteiger partial charge in [-0.1, -0.05) is 0 Å². The summed E-state index contributed by atoms with van der Waals surface area (Å²) in [6, 6.07) is 4.02. The van der Waals surface area contributed by atoms with Crippen LogP contribution >= 0.6 is 0 Å². The van der Waals surface area contributed by atoms with Gasteiger partial charge in [0.25, 0.3) is 5.91 Å². The van der Waals surface area contributed by atoms with Gasteiger partial charge in [0.2, 0.25) is 5.56 Å². The van der Waals surface area contributed by atoms with Gasteiger partial charge in [-0.25, -0.2) is 0 Å². The van der Waals surface area contributed by atoms with Crippen molar-refractivity contribution in [2.24, 2.45) is 0 Å². The summed E-state index contributed by atoms with van der Waals surface area (Å²) >= 11 is 0. The highest BCUT2D eigenvalue weighted by Crippen LogP contribution is 2.21. The summed E-state index contributed by atoms with van der Waals surface area (Å²) in [4.78, 5) is 28.0. The van der Waals surface area contributed by atoms with E-state index in [0.717, 1.165) is 25.9 Å². The van der Waals surface area contributed by atoms with Crippen LogP contribution < -0.4 is 10.9 Å². The van der Waals surface area contributed by atoms with Crippen LogP contribution in [0, 0.1) is 0 Å². The average molecular weight is 247 g/mol. The van der Waals surface area contributed by atoms with Crippen LogP contribution in [0.3, 0.4) is 0 Å². The molecule has 2 saturated heterocycles. The minimum Gasteiger partial charge on any atom is -0.337 e. The van der Waals surface area contributed by atoms with E-state index in [0.29, 0.717) is 17.6 Å². The van der Waals surface area contributed by atoms with Crippen molar-refractivity contribution in [3.8, 4) is 0 Å². The largest absolute Gasteiger partial charge is 0.337 e. The van der Waals surface area contributed by atoms with Gasteiger partial charge in [0.1, 0.15) is 0 Å². The number of carbonyl (C=O) groups is 1. The number of hydrogen-bond donors (Lipinski definition) is 2. The highest BCUT2D eigenvalue weighted by Gasteiger charge is 2.31. The molecule has 18 heavy (non-hydrogen) atoms. The normalized spacial score (nSPS) is 27.0. The quantitative estimate of drug-likeness (QED) is 0.752. The first kappa shape index (κ1) is 11.5. The SMILES string of the molecule is O=C(c1cc[nH]c(=O)c1)N1CCC2CCC(C1)N2. The third-order valence-electron chi connectivity index (χ3n) is 3.83. The molecule has 5 nitrogen and oxygen atoms in total. The summed E-state index contributed by atoms with van der Waals surface area (Å²) in [5, 5.41) is 3.54. The first-order chi connectivity index (χ1) is 8.72. The zero-order valence-corrected chi connectivity index (χ0v) is 10.2. The van der Waals surface area contributed by atoms with Crippen LogP contribution in [0.25, 0.3) is 0 Å². The Morgan fingerprint density at radius 3 is 2.94 bits per heavy atom. The van der Waals surface area contributed by atoms with Crippen molar-refractivity contribution < 1.29 is 4.79 Å². The lowest BCUT2D eigenvalue weighted by Gasteiger charge is -2.24. The third kappa shape index (κ3) is 2.18. The fourth-order valence-electron chi connectivity index (χ4n) is 2.89. The number of pyridine rings is 1. The van der Waals surface area contributed by atoms with E-state index in [9.17, 15) is 9.59 Å². The molecular weight excluding hydrogens is 230 g/mol. The maximum Gasteiger partial charge on any atom is 0.254 e. The molecule has 2 unspecified atom stereocenters. The minimum absolute atomic E-state index is 0.0320. The third-order valence-corrected chi connectivity index (χ3v) is 3.83. The van der Waals surface area contributed by atoms with Crippen molar-refractivity contribution in [3.63, 3.8) is 0 Å². The number of amides is 1. The predicted octanol–water partition coefficient (Wildman–Crippen LogP) is 0.341. The lowest BCUT2D eigenvalue weighted by molar-refractivity contribution is 0.0748. The smallest absolute Gasteiger partial charge is 0.254 e. The molecule has 96 valence electrons. The van der Waals surface area contributed by atoms with E-state index in [2.05, 4.69) is 10.3 Å². The predicted molar refractivity (Wildman–Crippen MR) is 67.5 cm³/mol. The van der Waals surface area contributed by atoms with Gasteiger partial charge in [0, 0.05) is 43.0 Å². The summed E-state index contributed by atoms with van der Waals surface area (Å²) in [6.07, 6.45) is 4.89. The van der Waals surface area contributed by atoms with E-state index in [4.69, 9.17) is 0 Å². The van der Waals surface area contributed by atoms with Gasteiger partial charge in [0.05, 0.1) is 0 Å². The number of carbonyl (C=O) groups excluding carboxylic acids is 1. The fraction of sp³-hybridized carbons (Fsp3) is 0.538. The topological polar surface area (TPSA) is 65.2 Å². The Morgan fingerprint density at radius 1 is 1.28 bits per heavy atom. The van der Waals surface area contributed by atoms with Crippen LogP contribution in [0.2, 0.25) is 0 Å². The molecule has 2 fully saturated rings. The number of likely N-dealkylation sites (tertiary alicyclic amines) is 1. The number of nitrogens with one attached hydrogen (secondary N) is 2. The molecule has 1 amide bonds. The molecule has 0 saturated carbocycles. The van der Waals surface area contributed by atoms with Gasteiger partial charge >= 0.3 is 0 Å². The number of nitrogens with zero attached hydrogens (tertiary/aromatic N) is 1. The van der Waals surface area contributed by atoms with Gasteiger partial charge < -0.3 is 15.2 Å². The summed E-state index contributed by atoms with van der Waals surface area (Å²) < 4.78 is 0. The van der Waals surface area contributed by atoms with Gasteiger partial charge in [-0.05, 0) is 25.3 Å². The molecule has 0 spiro atoms. The number of aromatic amines is 1. The second-order valence-electron chi connectivity index (χ2n) is 5.12. The molecule has 5 heteroatoms. The maximum atomic E-state index is 12.3. The molecule has 1 aromatic heterocycles. The van der Waals surface area contributed by atoms with Crippen LogP contribution in [0.15, 0.2) is 23.1 Å². The van der Waals surface area contributed by atoms with Crippen molar-refractivity contribution in [1.29, 1.82) is 0 Å². The van der Waals surface area contributed by atoms with E-state index in [1.54, 1.807) is 6.07 Å². The standard InChI is InChI=1S/C13H17N3O2/c17-12-7-9(3-5-14-12)13(18)16-6-4-10-1-2-11(8-16)15-10/h3,5,7,10-11,15H,1-2,4,6,8H2,(H,14,17). The van der Waals surface area contributed by atoms with Crippen LogP contribution in [0.5, 0.6) is 0 Å². The molecule has 2 bridgehead atoms. The van der Waals surface area contributed by atoms with Crippen molar-refractivity contribution >= 4 is 5.91 Å². The molecular formula is C13H17N3O2. The van der Waals surface area contributed by atoms with Crippen molar-refractivity contribution in [2.45, 2.75) is 31.3 Å². The molecule has 2 N–H and O–H groups in total. The molecule has 2 atom stereocenters. The number of H-pyrrole nitrogens is 1. The number of rotatable bonds is 1. The Kier molecular flexibility index (Phi) is 2.91. The number of hydrogen-bond acceptors (Lipinski definition) is 3. The lowest BCUT2D eigenvalue weighted by atomic mass is 10.1. The van der Waals surface area contributed by atoms with E-state index < -0.39 is 0 Å². The van der Waals surface area contributed by atoms with E-state index in [-0.39, 0.29) is 11.5 Å². The Bertz CT molecular complexity index is 511. The van der Waals surface area contributed by atoms with Crippen molar-refractivity contribution in [3.05, 3.63) is 34.2 Å². The highest BCUT2D eigenvalue weighted by molar-refractivity contribution is 5.94. The van der Waals surface area contributed by atoms with Gasteiger partial charge in [0.15, 0.2) is 0 Å². The Hall–Kier alpha value is -1.62. The van der Waals surface area contributed by atoms with Crippen molar-refractivity contribution in [2.75, 3.05) is 13.1 Å². The minimum atomic E-state index is -0.227. The average Bonchev–Trinajstić information content (AvgIpc) is 2.68. The highest BCUT2D eigenvalue weighted by atomic mass is 16.2. The summed E-state index contributed by atoms with van der Waals surface area (Å²) in [7, 11) is 0. The van der Waals surface area contributed by atoms with Gasteiger partial charge in [-0.3, -0.25) is 9.59 Å². The summed E-state index contributed by atoms with van der Waals surface area (Å²) in [5.41, 5.74) is 0.256. The van der Waals surface area contributed by atoms with Crippen molar-refractivity contribution in [1.82, 2.24) is 15.2 Å². The first-order valence-corrected chi connectivity index (χ1v) is 6.46. The molecule has 0 aromatic carbocycles. The second-order valence-corrected chi connectivity index (χ2v) is 5.12. The molecule has 0 radical (unpaired) electrons. The zero-order chi connectivity index (χ0) is 12.5. The van der Waals surface area contributed by atoms with Gasteiger partial charge in [-0.15, -0.1) is 0 Å². The summed E-state index contributed by atoms with van der Waals surface area (Å²) in [5.74, 6) is -0.0320. The van der Waals surface area contributed by atoms with E-state index in [1.165, 1.54) is 18.7 Å². The molecule has 3 heterocycles.